The Hall–Kier alpha value is -1.39. The second-order valence-corrected chi connectivity index (χ2v) is 5.75. The Balaban J connectivity index is 1.58. The standard InChI is InChI=1S/C17H23NO3/c19-16(10-9-14-6-2-1-3-7-14)18-11-5-4-8-15(18)17-20-12-13-21-17/h1-3,6-7,15,17H,4-5,8-13H2/t15-/m1/s1. The minimum absolute atomic E-state index is 0.101. The molecular weight excluding hydrogens is 266 g/mol. The molecule has 3 rings (SSSR count). The second-order valence-electron chi connectivity index (χ2n) is 5.75. The smallest absolute Gasteiger partial charge is 0.223 e. The van der Waals surface area contributed by atoms with Gasteiger partial charge in [-0.05, 0) is 31.2 Å². The molecule has 0 spiro atoms. The van der Waals surface area contributed by atoms with Crippen LogP contribution in [0.3, 0.4) is 0 Å². The largest absolute Gasteiger partial charge is 0.348 e. The molecule has 1 aromatic rings. The first-order valence-electron chi connectivity index (χ1n) is 7.91. The Morgan fingerprint density at radius 3 is 2.67 bits per heavy atom. The van der Waals surface area contributed by atoms with Crippen LogP contribution in [0.25, 0.3) is 0 Å². The zero-order valence-corrected chi connectivity index (χ0v) is 12.4. The van der Waals surface area contributed by atoms with Crippen molar-refractivity contribution in [2.24, 2.45) is 0 Å². The summed E-state index contributed by atoms with van der Waals surface area (Å²) in [6.45, 7) is 2.13. The molecule has 2 fully saturated rings. The average Bonchev–Trinajstić information content (AvgIpc) is 3.08. The first kappa shape index (κ1) is 14.5. The minimum atomic E-state index is -0.217. The van der Waals surface area contributed by atoms with E-state index in [0.717, 1.165) is 32.2 Å². The molecule has 2 saturated heterocycles. The van der Waals surface area contributed by atoms with Gasteiger partial charge in [0.15, 0.2) is 6.29 Å². The van der Waals surface area contributed by atoms with Crippen LogP contribution in [0.4, 0.5) is 0 Å². The van der Waals surface area contributed by atoms with E-state index in [1.165, 1.54) is 5.56 Å². The molecule has 0 N–H and O–H groups in total. The molecule has 1 atom stereocenters. The van der Waals surface area contributed by atoms with Crippen molar-refractivity contribution in [2.75, 3.05) is 19.8 Å². The van der Waals surface area contributed by atoms with Crippen molar-refractivity contribution in [1.82, 2.24) is 4.90 Å². The van der Waals surface area contributed by atoms with E-state index in [1.54, 1.807) is 0 Å². The molecule has 0 unspecified atom stereocenters. The third-order valence-electron chi connectivity index (χ3n) is 4.30. The van der Waals surface area contributed by atoms with Crippen molar-refractivity contribution in [2.45, 2.75) is 44.4 Å². The summed E-state index contributed by atoms with van der Waals surface area (Å²) in [5.41, 5.74) is 1.22. The predicted molar refractivity (Wildman–Crippen MR) is 79.8 cm³/mol. The maximum atomic E-state index is 12.6. The van der Waals surface area contributed by atoms with E-state index in [-0.39, 0.29) is 18.2 Å². The quantitative estimate of drug-likeness (QED) is 0.854. The van der Waals surface area contributed by atoms with Crippen LogP contribution >= 0.6 is 0 Å². The van der Waals surface area contributed by atoms with Gasteiger partial charge in [-0.2, -0.15) is 0 Å². The highest BCUT2D eigenvalue weighted by Crippen LogP contribution is 2.25. The maximum Gasteiger partial charge on any atom is 0.223 e. The van der Waals surface area contributed by atoms with Gasteiger partial charge < -0.3 is 14.4 Å². The molecular formula is C17H23NO3. The number of hydrogen-bond acceptors (Lipinski definition) is 3. The number of piperidine rings is 1. The van der Waals surface area contributed by atoms with Gasteiger partial charge in [0, 0.05) is 13.0 Å². The highest BCUT2D eigenvalue weighted by Gasteiger charge is 2.35. The Morgan fingerprint density at radius 1 is 1.14 bits per heavy atom. The molecule has 2 aliphatic heterocycles. The van der Waals surface area contributed by atoms with Crippen molar-refractivity contribution in [3.05, 3.63) is 35.9 Å². The Bertz CT molecular complexity index is 456. The monoisotopic (exact) mass is 289 g/mol. The number of carbonyl (C=O) groups is 1. The van der Waals surface area contributed by atoms with Crippen molar-refractivity contribution < 1.29 is 14.3 Å². The minimum Gasteiger partial charge on any atom is -0.348 e. The molecule has 0 radical (unpaired) electrons. The molecule has 0 bridgehead atoms. The van der Waals surface area contributed by atoms with E-state index in [2.05, 4.69) is 12.1 Å². The van der Waals surface area contributed by atoms with Crippen LogP contribution < -0.4 is 0 Å². The van der Waals surface area contributed by atoms with Crippen LogP contribution in [-0.2, 0) is 20.7 Å². The van der Waals surface area contributed by atoms with E-state index in [0.29, 0.717) is 19.6 Å². The third kappa shape index (κ3) is 3.63. The fraction of sp³-hybridized carbons (Fsp3) is 0.588. The van der Waals surface area contributed by atoms with Crippen molar-refractivity contribution in [3.8, 4) is 0 Å². The van der Waals surface area contributed by atoms with E-state index in [9.17, 15) is 4.79 Å². The van der Waals surface area contributed by atoms with Crippen molar-refractivity contribution in [3.63, 3.8) is 0 Å². The third-order valence-corrected chi connectivity index (χ3v) is 4.30. The summed E-state index contributed by atoms with van der Waals surface area (Å²) in [5, 5.41) is 0. The summed E-state index contributed by atoms with van der Waals surface area (Å²) in [4.78, 5) is 14.5. The molecule has 0 aliphatic carbocycles. The number of aryl methyl sites for hydroxylation is 1. The molecule has 114 valence electrons. The summed E-state index contributed by atoms with van der Waals surface area (Å²) in [6, 6.07) is 10.3. The number of benzene rings is 1. The first-order chi connectivity index (χ1) is 10.3. The number of hydrogen-bond donors (Lipinski definition) is 0. The van der Waals surface area contributed by atoms with Gasteiger partial charge in [-0.3, -0.25) is 4.79 Å². The van der Waals surface area contributed by atoms with Gasteiger partial charge in [-0.15, -0.1) is 0 Å². The van der Waals surface area contributed by atoms with E-state index < -0.39 is 0 Å². The van der Waals surface area contributed by atoms with Crippen LogP contribution in [0, 0.1) is 0 Å². The molecule has 0 saturated carbocycles. The Kier molecular flexibility index (Phi) is 4.88. The van der Waals surface area contributed by atoms with Gasteiger partial charge in [-0.1, -0.05) is 30.3 Å². The van der Waals surface area contributed by atoms with E-state index in [1.807, 2.05) is 23.1 Å². The molecule has 4 nitrogen and oxygen atoms in total. The van der Waals surface area contributed by atoms with Crippen molar-refractivity contribution >= 4 is 5.91 Å². The molecule has 21 heavy (non-hydrogen) atoms. The van der Waals surface area contributed by atoms with E-state index >= 15 is 0 Å². The zero-order valence-electron chi connectivity index (χ0n) is 12.4. The average molecular weight is 289 g/mol. The number of likely N-dealkylation sites (tertiary alicyclic amines) is 1. The highest BCUT2D eigenvalue weighted by atomic mass is 16.7. The van der Waals surface area contributed by atoms with E-state index in [4.69, 9.17) is 9.47 Å². The molecule has 0 aromatic heterocycles. The van der Waals surface area contributed by atoms with Crippen LogP contribution in [0.15, 0.2) is 30.3 Å². The number of amides is 1. The normalized spacial score (nSPS) is 23.4. The highest BCUT2D eigenvalue weighted by molar-refractivity contribution is 5.77. The van der Waals surface area contributed by atoms with Crippen LogP contribution in [-0.4, -0.2) is 42.9 Å². The first-order valence-corrected chi connectivity index (χ1v) is 7.91. The molecule has 1 amide bonds. The van der Waals surface area contributed by atoms with Crippen molar-refractivity contribution in [1.29, 1.82) is 0 Å². The molecule has 2 aliphatic rings. The summed E-state index contributed by atoms with van der Waals surface area (Å²) in [7, 11) is 0. The van der Waals surface area contributed by atoms with Gasteiger partial charge in [0.25, 0.3) is 0 Å². The van der Waals surface area contributed by atoms with Crippen LogP contribution in [0.1, 0.15) is 31.2 Å². The SMILES string of the molecule is O=C(CCc1ccccc1)N1CCCC[C@@H]1C1OCCO1. The second kappa shape index (κ2) is 7.05. The topological polar surface area (TPSA) is 38.8 Å². The molecule has 2 heterocycles. The van der Waals surface area contributed by atoms with Gasteiger partial charge in [0.2, 0.25) is 5.91 Å². The fourth-order valence-electron chi connectivity index (χ4n) is 3.19. The fourth-order valence-corrected chi connectivity index (χ4v) is 3.19. The lowest BCUT2D eigenvalue weighted by atomic mass is 10.00. The summed E-state index contributed by atoms with van der Waals surface area (Å²) >= 11 is 0. The van der Waals surface area contributed by atoms with Gasteiger partial charge in [0.1, 0.15) is 0 Å². The molecule has 4 heteroatoms. The van der Waals surface area contributed by atoms with Gasteiger partial charge in [0.05, 0.1) is 19.3 Å². The zero-order chi connectivity index (χ0) is 14.5. The number of nitrogens with zero attached hydrogens (tertiary/aromatic N) is 1. The Morgan fingerprint density at radius 2 is 1.90 bits per heavy atom. The van der Waals surface area contributed by atoms with Gasteiger partial charge in [-0.25, -0.2) is 0 Å². The van der Waals surface area contributed by atoms with Gasteiger partial charge >= 0.3 is 0 Å². The Labute approximate surface area is 126 Å². The lowest BCUT2D eigenvalue weighted by molar-refractivity contribution is -0.150. The number of rotatable bonds is 4. The lowest BCUT2D eigenvalue weighted by Crippen LogP contribution is -2.50. The summed E-state index contributed by atoms with van der Waals surface area (Å²) < 4.78 is 11.2. The summed E-state index contributed by atoms with van der Waals surface area (Å²) in [5.74, 6) is 0.225. The number of carbonyl (C=O) groups excluding carboxylic acids is 1. The van der Waals surface area contributed by atoms with Crippen LogP contribution in [0.2, 0.25) is 0 Å². The predicted octanol–water partition coefficient (Wildman–Crippen LogP) is 2.37. The maximum absolute atomic E-state index is 12.6. The molecule has 1 aromatic carbocycles. The van der Waals surface area contributed by atoms with Crippen LogP contribution in [0.5, 0.6) is 0 Å². The summed E-state index contributed by atoms with van der Waals surface area (Å²) in [6.07, 6.45) is 4.37. The number of ether oxygens (including phenoxy) is 2. The lowest BCUT2D eigenvalue weighted by Gasteiger charge is -2.38.